The number of fused-ring (bicyclic) bond motifs is 1. The lowest BCUT2D eigenvalue weighted by Crippen LogP contribution is -2.28. The molecule has 168 valence electrons. The van der Waals surface area contributed by atoms with Gasteiger partial charge in [-0.1, -0.05) is 0 Å². The van der Waals surface area contributed by atoms with E-state index in [0.717, 1.165) is 0 Å². The molecular formula is C21H28N4O5S. The van der Waals surface area contributed by atoms with Crippen molar-refractivity contribution in [3.8, 4) is 22.9 Å². The van der Waals surface area contributed by atoms with E-state index in [1.165, 1.54) is 13.3 Å². The standard InChI is InChI=1S/C21H28N4O5S/c1-21(2,3)31(27,28)18-13-25-15(12-23-19(25)11-17(18)30-5)14-7-8-16(29-4)20(24-14)22-9-6-10-26/h7-8,11-13,26H,6,9-10H2,1-5H3,(H,22,24). The first-order valence-electron chi connectivity index (χ1n) is 9.84. The summed E-state index contributed by atoms with van der Waals surface area (Å²) in [7, 11) is -0.680. The maximum Gasteiger partial charge on any atom is 0.188 e. The van der Waals surface area contributed by atoms with Gasteiger partial charge in [0.25, 0.3) is 0 Å². The van der Waals surface area contributed by atoms with Gasteiger partial charge in [0.15, 0.2) is 21.4 Å². The van der Waals surface area contributed by atoms with Gasteiger partial charge in [-0.3, -0.25) is 4.40 Å². The van der Waals surface area contributed by atoms with Crippen molar-refractivity contribution >= 4 is 21.3 Å². The summed E-state index contributed by atoms with van der Waals surface area (Å²) in [5.74, 6) is 1.33. The quantitative estimate of drug-likeness (QED) is 0.506. The zero-order valence-corrected chi connectivity index (χ0v) is 19.2. The van der Waals surface area contributed by atoms with Gasteiger partial charge in [0.05, 0.1) is 36.6 Å². The molecule has 0 saturated heterocycles. The number of nitrogens with zero attached hydrogens (tertiary/aromatic N) is 3. The Balaban J connectivity index is 2.16. The maximum absolute atomic E-state index is 13.2. The molecule has 0 aromatic carbocycles. The lowest BCUT2D eigenvalue weighted by Gasteiger charge is -2.21. The van der Waals surface area contributed by atoms with Gasteiger partial charge in [0, 0.05) is 25.4 Å². The van der Waals surface area contributed by atoms with Gasteiger partial charge >= 0.3 is 0 Å². The minimum atomic E-state index is -3.67. The number of aliphatic hydroxyl groups is 1. The average Bonchev–Trinajstić information content (AvgIpc) is 3.15. The van der Waals surface area contributed by atoms with Gasteiger partial charge in [-0.25, -0.2) is 18.4 Å². The molecule has 10 heteroatoms. The van der Waals surface area contributed by atoms with Crippen LogP contribution in [0.4, 0.5) is 5.82 Å². The Morgan fingerprint density at radius 2 is 1.87 bits per heavy atom. The smallest absolute Gasteiger partial charge is 0.188 e. The number of hydrogen-bond acceptors (Lipinski definition) is 8. The first-order valence-corrected chi connectivity index (χ1v) is 11.3. The van der Waals surface area contributed by atoms with Gasteiger partial charge in [0.1, 0.15) is 16.3 Å². The van der Waals surface area contributed by atoms with Crippen LogP contribution >= 0.6 is 0 Å². The van der Waals surface area contributed by atoms with Crippen molar-refractivity contribution in [3.63, 3.8) is 0 Å². The number of imidazole rings is 1. The third-order valence-corrected chi connectivity index (χ3v) is 7.36. The second kappa shape index (κ2) is 8.72. The van der Waals surface area contributed by atoms with E-state index in [9.17, 15) is 8.42 Å². The predicted molar refractivity (Wildman–Crippen MR) is 119 cm³/mol. The number of ether oxygens (including phenoxy) is 2. The summed E-state index contributed by atoms with van der Waals surface area (Å²) in [6, 6.07) is 5.16. The molecule has 0 bridgehead atoms. The van der Waals surface area contributed by atoms with E-state index in [4.69, 9.17) is 14.6 Å². The molecule has 9 nitrogen and oxygen atoms in total. The van der Waals surface area contributed by atoms with Crippen molar-refractivity contribution in [3.05, 3.63) is 30.6 Å². The molecule has 0 saturated carbocycles. The van der Waals surface area contributed by atoms with Gasteiger partial charge in [0.2, 0.25) is 0 Å². The largest absolute Gasteiger partial charge is 0.495 e. The van der Waals surface area contributed by atoms with Gasteiger partial charge in [-0.2, -0.15) is 0 Å². The summed E-state index contributed by atoms with van der Waals surface area (Å²) in [4.78, 5) is 9.12. The Labute approximate surface area is 182 Å². The van der Waals surface area contributed by atoms with Crippen LogP contribution in [-0.2, 0) is 9.84 Å². The summed E-state index contributed by atoms with van der Waals surface area (Å²) in [6.07, 6.45) is 3.73. The zero-order chi connectivity index (χ0) is 22.8. The first kappa shape index (κ1) is 22.8. The summed E-state index contributed by atoms with van der Waals surface area (Å²) >= 11 is 0. The molecule has 31 heavy (non-hydrogen) atoms. The highest BCUT2D eigenvalue weighted by Crippen LogP contribution is 2.34. The topological polar surface area (TPSA) is 115 Å². The summed E-state index contributed by atoms with van der Waals surface area (Å²) in [5, 5.41) is 12.2. The number of aliphatic hydroxyl groups excluding tert-OH is 1. The second-order valence-electron chi connectivity index (χ2n) is 7.94. The summed E-state index contributed by atoms with van der Waals surface area (Å²) < 4.78 is 37.7. The van der Waals surface area contributed by atoms with Gasteiger partial charge < -0.3 is 19.9 Å². The number of sulfone groups is 1. The first-order chi connectivity index (χ1) is 14.6. The molecule has 0 atom stereocenters. The number of aromatic nitrogens is 3. The van der Waals surface area contributed by atoms with Crippen LogP contribution in [0.15, 0.2) is 35.5 Å². The van der Waals surface area contributed by atoms with Crippen LogP contribution in [0.1, 0.15) is 27.2 Å². The van der Waals surface area contributed by atoms with Crippen LogP contribution in [0, 0.1) is 0 Å². The Kier molecular flexibility index (Phi) is 6.42. The van der Waals surface area contributed by atoms with Crippen molar-refractivity contribution in [1.82, 2.24) is 14.4 Å². The molecule has 0 aliphatic carbocycles. The molecule has 0 aliphatic rings. The number of pyridine rings is 2. The minimum absolute atomic E-state index is 0.0646. The van der Waals surface area contributed by atoms with E-state index in [2.05, 4.69) is 15.3 Å². The van der Waals surface area contributed by atoms with Crippen molar-refractivity contribution in [2.24, 2.45) is 0 Å². The van der Waals surface area contributed by atoms with E-state index >= 15 is 0 Å². The van der Waals surface area contributed by atoms with E-state index in [-0.39, 0.29) is 17.3 Å². The highest BCUT2D eigenvalue weighted by Gasteiger charge is 2.34. The van der Waals surface area contributed by atoms with Crippen LogP contribution in [0.3, 0.4) is 0 Å². The average molecular weight is 449 g/mol. The number of nitrogens with one attached hydrogen (secondary N) is 1. The summed E-state index contributed by atoms with van der Waals surface area (Å²) in [5.41, 5.74) is 1.74. The molecule has 0 unspecified atom stereocenters. The number of anilines is 1. The highest BCUT2D eigenvalue weighted by molar-refractivity contribution is 7.92. The fraction of sp³-hybridized carbons (Fsp3) is 0.429. The number of methoxy groups -OCH3 is 2. The molecule has 3 aromatic heterocycles. The molecule has 3 heterocycles. The Morgan fingerprint density at radius 1 is 1.16 bits per heavy atom. The number of hydrogen-bond donors (Lipinski definition) is 2. The van der Waals surface area contributed by atoms with Crippen molar-refractivity contribution in [2.45, 2.75) is 36.8 Å². The lowest BCUT2D eigenvalue weighted by molar-refractivity contribution is 0.292. The van der Waals surface area contributed by atoms with Gasteiger partial charge in [-0.15, -0.1) is 0 Å². The molecule has 0 aliphatic heterocycles. The van der Waals surface area contributed by atoms with Crippen LogP contribution in [0.25, 0.3) is 17.0 Å². The third-order valence-electron chi connectivity index (χ3n) is 4.86. The maximum atomic E-state index is 13.2. The normalized spacial score (nSPS) is 12.2. The van der Waals surface area contributed by atoms with E-state index in [1.54, 1.807) is 56.7 Å². The van der Waals surface area contributed by atoms with Crippen LogP contribution in [0.5, 0.6) is 11.5 Å². The van der Waals surface area contributed by atoms with E-state index in [0.29, 0.717) is 41.6 Å². The molecule has 3 rings (SSSR count). The van der Waals surface area contributed by atoms with E-state index in [1.807, 2.05) is 0 Å². The fourth-order valence-electron chi connectivity index (χ4n) is 3.03. The molecule has 0 amide bonds. The van der Waals surface area contributed by atoms with E-state index < -0.39 is 14.6 Å². The second-order valence-corrected chi connectivity index (χ2v) is 10.6. The highest BCUT2D eigenvalue weighted by atomic mass is 32.2. The van der Waals surface area contributed by atoms with Gasteiger partial charge in [-0.05, 0) is 39.3 Å². The minimum Gasteiger partial charge on any atom is -0.495 e. The Morgan fingerprint density at radius 3 is 2.48 bits per heavy atom. The third kappa shape index (κ3) is 4.31. The Hall–Kier alpha value is -2.85. The Bertz CT molecular complexity index is 1180. The molecule has 0 radical (unpaired) electrons. The molecule has 0 fully saturated rings. The van der Waals surface area contributed by atoms with Crippen LogP contribution < -0.4 is 14.8 Å². The van der Waals surface area contributed by atoms with Crippen molar-refractivity contribution in [2.75, 3.05) is 32.7 Å². The van der Waals surface area contributed by atoms with Crippen LogP contribution in [0.2, 0.25) is 0 Å². The lowest BCUT2D eigenvalue weighted by atomic mass is 10.2. The monoisotopic (exact) mass is 448 g/mol. The molecular weight excluding hydrogens is 420 g/mol. The summed E-state index contributed by atoms with van der Waals surface area (Å²) in [6.45, 7) is 5.54. The molecule has 0 spiro atoms. The SMILES string of the molecule is COc1cc2ncc(-c3ccc(OC)c(NCCCO)n3)n2cc1S(=O)(=O)C(C)(C)C. The predicted octanol–water partition coefficient (Wildman–Crippen LogP) is 2.78. The zero-order valence-electron chi connectivity index (χ0n) is 18.3. The van der Waals surface area contributed by atoms with Crippen molar-refractivity contribution in [1.29, 1.82) is 0 Å². The fourth-order valence-corrected chi connectivity index (χ4v) is 4.34. The van der Waals surface area contributed by atoms with Crippen LogP contribution in [-0.4, -0.2) is 60.0 Å². The molecule has 3 aromatic rings. The molecule has 2 N–H and O–H groups in total. The number of rotatable bonds is 8. The van der Waals surface area contributed by atoms with Crippen molar-refractivity contribution < 1.29 is 23.0 Å².